The van der Waals surface area contributed by atoms with E-state index >= 15 is 0 Å². The SMILES string of the molecule is C=C(C)COc1ccccc1NC(=O)[C@H](C)Oc1ccccc1. The number of carbonyl (C=O) groups excluding carboxylic acids is 1. The number of carbonyl (C=O) groups is 1. The highest BCUT2D eigenvalue weighted by atomic mass is 16.5. The van der Waals surface area contributed by atoms with E-state index in [9.17, 15) is 4.79 Å². The van der Waals surface area contributed by atoms with Crippen LogP contribution in [-0.4, -0.2) is 18.6 Å². The molecule has 4 heteroatoms. The zero-order valence-corrected chi connectivity index (χ0v) is 13.4. The molecule has 1 atom stereocenters. The van der Waals surface area contributed by atoms with E-state index in [4.69, 9.17) is 9.47 Å². The standard InChI is InChI=1S/C19H21NO3/c1-14(2)13-22-18-12-8-7-11-17(18)20-19(21)15(3)23-16-9-5-4-6-10-16/h4-12,15H,1,13H2,2-3H3,(H,20,21)/t15-/m0/s1. The summed E-state index contributed by atoms with van der Waals surface area (Å²) in [6.45, 7) is 7.80. The Balaban J connectivity index is 2.00. The lowest BCUT2D eigenvalue weighted by molar-refractivity contribution is -0.122. The molecular weight excluding hydrogens is 290 g/mol. The van der Waals surface area contributed by atoms with Crippen molar-refractivity contribution in [3.05, 3.63) is 66.7 Å². The minimum Gasteiger partial charge on any atom is -0.487 e. The third kappa shape index (κ3) is 5.18. The van der Waals surface area contributed by atoms with Gasteiger partial charge in [0.05, 0.1) is 5.69 Å². The van der Waals surface area contributed by atoms with Gasteiger partial charge in [-0.3, -0.25) is 4.79 Å². The molecule has 0 aromatic heterocycles. The number of hydrogen-bond acceptors (Lipinski definition) is 3. The Kier molecular flexibility index (Phi) is 5.80. The van der Waals surface area contributed by atoms with Crippen molar-refractivity contribution in [1.82, 2.24) is 0 Å². The summed E-state index contributed by atoms with van der Waals surface area (Å²) >= 11 is 0. The van der Waals surface area contributed by atoms with E-state index in [1.165, 1.54) is 0 Å². The number of amides is 1. The van der Waals surface area contributed by atoms with E-state index in [1.54, 1.807) is 19.1 Å². The van der Waals surface area contributed by atoms with Crippen molar-refractivity contribution >= 4 is 11.6 Å². The van der Waals surface area contributed by atoms with Gasteiger partial charge in [0.15, 0.2) is 6.10 Å². The largest absolute Gasteiger partial charge is 0.487 e. The van der Waals surface area contributed by atoms with Crippen molar-refractivity contribution < 1.29 is 14.3 Å². The number of hydrogen-bond donors (Lipinski definition) is 1. The monoisotopic (exact) mass is 311 g/mol. The predicted molar refractivity (Wildman–Crippen MR) is 91.9 cm³/mol. The fourth-order valence-corrected chi connectivity index (χ4v) is 1.89. The summed E-state index contributed by atoms with van der Waals surface area (Å²) in [6, 6.07) is 16.5. The molecule has 0 heterocycles. The van der Waals surface area contributed by atoms with Crippen LogP contribution in [0.1, 0.15) is 13.8 Å². The van der Waals surface area contributed by atoms with E-state index in [-0.39, 0.29) is 5.91 Å². The van der Waals surface area contributed by atoms with Crippen LogP contribution in [0, 0.1) is 0 Å². The molecule has 0 saturated carbocycles. The van der Waals surface area contributed by atoms with Crippen LogP contribution >= 0.6 is 0 Å². The first kappa shape index (κ1) is 16.6. The maximum atomic E-state index is 12.3. The third-order valence-electron chi connectivity index (χ3n) is 3.04. The second-order valence-corrected chi connectivity index (χ2v) is 5.30. The van der Waals surface area contributed by atoms with Gasteiger partial charge in [-0.2, -0.15) is 0 Å². The first-order valence-electron chi connectivity index (χ1n) is 7.45. The molecule has 0 aliphatic heterocycles. The molecule has 1 N–H and O–H groups in total. The van der Waals surface area contributed by atoms with Gasteiger partial charge in [-0.05, 0) is 43.7 Å². The van der Waals surface area contributed by atoms with Crippen molar-refractivity contribution in [2.75, 3.05) is 11.9 Å². The Hall–Kier alpha value is -2.75. The first-order chi connectivity index (χ1) is 11.1. The van der Waals surface area contributed by atoms with Gasteiger partial charge in [0.1, 0.15) is 18.1 Å². The normalized spacial score (nSPS) is 11.4. The maximum Gasteiger partial charge on any atom is 0.265 e. The molecule has 2 rings (SSSR count). The molecule has 23 heavy (non-hydrogen) atoms. The Morgan fingerprint density at radius 1 is 1.13 bits per heavy atom. The van der Waals surface area contributed by atoms with Crippen LogP contribution in [0.25, 0.3) is 0 Å². The van der Waals surface area contributed by atoms with Gasteiger partial charge in [0.2, 0.25) is 0 Å². The van der Waals surface area contributed by atoms with Gasteiger partial charge in [-0.25, -0.2) is 0 Å². The summed E-state index contributed by atoms with van der Waals surface area (Å²) in [5.41, 5.74) is 1.52. The van der Waals surface area contributed by atoms with E-state index in [1.807, 2.05) is 49.4 Å². The van der Waals surface area contributed by atoms with Crippen molar-refractivity contribution in [1.29, 1.82) is 0 Å². The van der Waals surface area contributed by atoms with Gasteiger partial charge in [0.25, 0.3) is 5.91 Å². The number of benzene rings is 2. The summed E-state index contributed by atoms with van der Waals surface area (Å²) in [4.78, 5) is 12.3. The molecule has 1 amide bonds. The number of rotatable bonds is 7. The minimum atomic E-state index is -0.619. The predicted octanol–water partition coefficient (Wildman–Crippen LogP) is 4.05. The van der Waals surface area contributed by atoms with Crippen molar-refractivity contribution in [3.63, 3.8) is 0 Å². The lowest BCUT2D eigenvalue weighted by Gasteiger charge is -2.16. The fourth-order valence-electron chi connectivity index (χ4n) is 1.89. The maximum absolute atomic E-state index is 12.3. The van der Waals surface area contributed by atoms with Crippen LogP contribution < -0.4 is 14.8 Å². The minimum absolute atomic E-state index is 0.236. The van der Waals surface area contributed by atoms with Crippen LogP contribution in [0.3, 0.4) is 0 Å². The molecule has 0 saturated heterocycles. The second-order valence-electron chi connectivity index (χ2n) is 5.30. The lowest BCUT2D eigenvalue weighted by Crippen LogP contribution is -2.30. The summed E-state index contributed by atoms with van der Waals surface area (Å²) in [5, 5.41) is 2.84. The first-order valence-corrected chi connectivity index (χ1v) is 7.45. The highest BCUT2D eigenvalue weighted by Crippen LogP contribution is 2.24. The second kappa shape index (κ2) is 8.03. The van der Waals surface area contributed by atoms with E-state index < -0.39 is 6.10 Å². The third-order valence-corrected chi connectivity index (χ3v) is 3.04. The lowest BCUT2D eigenvalue weighted by atomic mass is 10.2. The summed E-state index contributed by atoms with van der Waals surface area (Å²) in [5.74, 6) is 1.03. The number of para-hydroxylation sites is 3. The molecule has 0 radical (unpaired) electrons. The molecule has 0 bridgehead atoms. The van der Waals surface area contributed by atoms with Crippen molar-refractivity contribution in [3.8, 4) is 11.5 Å². The molecule has 0 spiro atoms. The Labute approximate surface area is 136 Å². The van der Waals surface area contributed by atoms with E-state index in [0.717, 1.165) is 5.57 Å². The molecule has 0 aliphatic rings. The zero-order chi connectivity index (χ0) is 16.7. The molecule has 120 valence electrons. The smallest absolute Gasteiger partial charge is 0.265 e. The molecular formula is C19H21NO3. The average Bonchev–Trinajstić information content (AvgIpc) is 2.54. The Bertz CT molecular complexity index is 667. The van der Waals surface area contributed by atoms with Crippen LogP contribution in [0.5, 0.6) is 11.5 Å². The molecule has 2 aromatic carbocycles. The molecule has 0 fully saturated rings. The fraction of sp³-hybridized carbons (Fsp3) is 0.211. The summed E-state index contributed by atoms with van der Waals surface area (Å²) < 4.78 is 11.3. The van der Waals surface area contributed by atoms with Gasteiger partial charge in [-0.15, -0.1) is 0 Å². The van der Waals surface area contributed by atoms with Crippen molar-refractivity contribution in [2.24, 2.45) is 0 Å². The zero-order valence-electron chi connectivity index (χ0n) is 13.4. The van der Waals surface area contributed by atoms with Crippen LogP contribution in [-0.2, 0) is 4.79 Å². The van der Waals surface area contributed by atoms with E-state index in [0.29, 0.717) is 23.8 Å². The highest BCUT2D eigenvalue weighted by Gasteiger charge is 2.16. The number of nitrogens with one attached hydrogen (secondary N) is 1. The van der Waals surface area contributed by atoms with Gasteiger partial charge >= 0.3 is 0 Å². The van der Waals surface area contributed by atoms with Gasteiger partial charge < -0.3 is 14.8 Å². The van der Waals surface area contributed by atoms with Crippen LogP contribution in [0.15, 0.2) is 66.7 Å². The highest BCUT2D eigenvalue weighted by molar-refractivity contribution is 5.95. The molecule has 0 unspecified atom stereocenters. The molecule has 0 aliphatic carbocycles. The topological polar surface area (TPSA) is 47.6 Å². The van der Waals surface area contributed by atoms with Crippen LogP contribution in [0.4, 0.5) is 5.69 Å². The van der Waals surface area contributed by atoms with Gasteiger partial charge in [-0.1, -0.05) is 36.9 Å². The molecule has 4 nitrogen and oxygen atoms in total. The molecule has 2 aromatic rings. The summed E-state index contributed by atoms with van der Waals surface area (Å²) in [6.07, 6.45) is -0.619. The Morgan fingerprint density at radius 2 is 1.78 bits per heavy atom. The quantitative estimate of drug-likeness (QED) is 0.785. The number of ether oxygens (including phenoxy) is 2. The summed E-state index contributed by atoms with van der Waals surface area (Å²) in [7, 11) is 0. The van der Waals surface area contributed by atoms with Crippen molar-refractivity contribution in [2.45, 2.75) is 20.0 Å². The number of anilines is 1. The van der Waals surface area contributed by atoms with Gasteiger partial charge in [0, 0.05) is 0 Å². The average molecular weight is 311 g/mol. The Morgan fingerprint density at radius 3 is 2.48 bits per heavy atom. The van der Waals surface area contributed by atoms with Crippen LogP contribution in [0.2, 0.25) is 0 Å². The van der Waals surface area contributed by atoms with E-state index in [2.05, 4.69) is 11.9 Å².